The summed E-state index contributed by atoms with van der Waals surface area (Å²) < 4.78 is 10.3. The van der Waals surface area contributed by atoms with Gasteiger partial charge in [-0.3, -0.25) is 4.79 Å². The Morgan fingerprint density at radius 3 is 2.33 bits per heavy atom. The number of hydrogen-bond acceptors (Lipinski definition) is 4. The van der Waals surface area contributed by atoms with Crippen LogP contribution in [0.3, 0.4) is 0 Å². The fourth-order valence-electron chi connectivity index (χ4n) is 1.77. The molecule has 0 aliphatic heterocycles. The number of benzene rings is 2. The van der Waals surface area contributed by atoms with E-state index in [1.165, 1.54) is 12.1 Å². The van der Waals surface area contributed by atoms with Crippen LogP contribution in [0.1, 0.15) is 20.7 Å². The second kappa shape index (κ2) is 6.56. The van der Waals surface area contributed by atoms with Gasteiger partial charge < -0.3 is 14.6 Å². The summed E-state index contributed by atoms with van der Waals surface area (Å²) in [7, 11) is 1.54. The Balaban J connectivity index is 2.05. The zero-order valence-electron chi connectivity index (χ0n) is 11.4. The molecule has 0 bridgehead atoms. The van der Waals surface area contributed by atoms with Gasteiger partial charge in [-0.05, 0) is 36.4 Å². The van der Waals surface area contributed by atoms with E-state index in [4.69, 9.17) is 14.6 Å². The Bertz CT molecular complexity index is 646. The van der Waals surface area contributed by atoms with Crippen molar-refractivity contribution in [1.82, 2.24) is 0 Å². The van der Waals surface area contributed by atoms with E-state index in [9.17, 15) is 9.59 Å². The van der Waals surface area contributed by atoms with Crippen molar-refractivity contribution in [1.29, 1.82) is 0 Å². The maximum atomic E-state index is 12.0. The van der Waals surface area contributed by atoms with Gasteiger partial charge in [0.1, 0.15) is 17.1 Å². The van der Waals surface area contributed by atoms with Gasteiger partial charge in [-0.2, -0.15) is 0 Å². The van der Waals surface area contributed by atoms with Crippen LogP contribution in [0.25, 0.3) is 0 Å². The van der Waals surface area contributed by atoms with Crippen LogP contribution in [0, 0.1) is 0 Å². The monoisotopic (exact) mass is 286 g/mol. The molecule has 0 aromatic heterocycles. The molecule has 2 aromatic rings. The van der Waals surface area contributed by atoms with Crippen molar-refractivity contribution < 1.29 is 24.2 Å². The van der Waals surface area contributed by atoms with E-state index in [-0.39, 0.29) is 23.7 Å². The quantitative estimate of drug-likeness (QED) is 0.826. The first-order chi connectivity index (χ1) is 10.1. The third-order valence-corrected chi connectivity index (χ3v) is 2.89. The Labute approximate surface area is 121 Å². The van der Waals surface area contributed by atoms with Crippen LogP contribution in [0.2, 0.25) is 0 Å². The van der Waals surface area contributed by atoms with Crippen molar-refractivity contribution in [2.24, 2.45) is 0 Å². The fourth-order valence-corrected chi connectivity index (χ4v) is 1.77. The maximum Gasteiger partial charge on any atom is 0.339 e. The van der Waals surface area contributed by atoms with Crippen LogP contribution < -0.4 is 9.47 Å². The molecular formula is C16H14O5. The number of ketones is 1. The summed E-state index contributed by atoms with van der Waals surface area (Å²) in [5.41, 5.74) is 0.503. The fraction of sp³-hybridized carbons (Fsp3) is 0.125. The summed E-state index contributed by atoms with van der Waals surface area (Å²) in [6, 6.07) is 12.8. The van der Waals surface area contributed by atoms with Crippen molar-refractivity contribution in [3.05, 3.63) is 59.7 Å². The lowest BCUT2D eigenvalue weighted by atomic mass is 10.1. The number of carboxylic acid groups (broad SMARTS) is 1. The molecule has 0 atom stereocenters. The number of carboxylic acids is 1. The highest BCUT2D eigenvalue weighted by Crippen LogP contribution is 2.18. The Morgan fingerprint density at radius 1 is 1.05 bits per heavy atom. The predicted molar refractivity (Wildman–Crippen MR) is 76.2 cm³/mol. The smallest absolute Gasteiger partial charge is 0.339 e. The van der Waals surface area contributed by atoms with Gasteiger partial charge in [0.25, 0.3) is 0 Å². The SMILES string of the molecule is COc1ccc(C(=O)COc2ccccc2C(=O)O)cc1. The number of rotatable bonds is 6. The van der Waals surface area contributed by atoms with Gasteiger partial charge >= 0.3 is 5.97 Å². The summed E-state index contributed by atoms with van der Waals surface area (Å²) in [6.07, 6.45) is 0. The lowest BCUT2D eigenvalue weighted by Crippen LogP contribution is -2.13. The van der Waals surface area contributed by atoms with Crippen molar-refractivity contribution in [2.75, 3.05) is 13.7 Å². The molecule has 1 N–H and O–H groups in total. The predicted octanol–water partition coefficient (Wildman–Crippen LogP) is 2.66. The third kappa shape index (κ3) is 3.60. The van der Waals surface area contributed by atoms with E-state index in [0.717, 1.165) is 0 Å². The summed E-state index contributed by atoms with van der Waals surface area (Å²) in [5, 5.41) is 9.03. The molecule has 0 aliphatic carbocycles. The second-order valence-electron chi connectivity index (χ2n) is 4.24. The van der Waals surface area contributed by atoms with E-state index in [1.807, 2.05) is 0 Å². The van der Waals surface area contributed by atoms with E-state index in [1.54, 1.807) is 43.5 Å². The lowest BCUT2D eigenvalue weighted by Gasteiger charge is -2.08. The number of carbonyl (C=O) groups is 2. The van der Waals surface area contributed by atoms with Crippen LogP contribution in [-0.4, -0.2) is 30.6 Å². The van der Waals surface area contributed by atoms with Gasteiger partial charge in [0.2, 0.25) is 0 Å². The number of ether oxygens (including phenoxy) is 2. The number of carbonyl (C=O) groups excluding carboxylic acids is 1. The van der Waals surface area contributed by atoms with Crippen LogP contribution in [0.5, 0.6) is 11.5 Å². The number of methoxy groups -OCH3 is 1. The normalized spacial score (nSPS) is 9.95. The zero-order chi connectivity index (χ0) is 15.2. The van der Waals surface area contributed by atoms with Crippen molar-refractivity contribution in [3.8, 4) is 11.5 Å². The molecule has 0 fully saturated rings. The largest absolute Gasteiger partial charge is 0.497 e. The van der Waals surface area contributed by atoms with Crippen LogP contribution >= 0.6 is 0 Å². The van der Waals surface area contributed by atoms with Gasteiger partial charge in [-0.1, -0.05) is 12.1 Å². The first-order valence-electron chi connectivity index (χ1n) is 6.24. The van der Waals surface area contributed by atoms with Gasteiger partial charge in [0, 0.05) is 5.56 Å². The molecule has 0 saturated carbocycles. The molecule has 5 nitrogen and oxygen atoms in total. The molecule has 0 amide bonds. The molecule has 0 radical (unpaired) electrons. The molecule has 2 rings (SSSR count). The Kier molecular flexibility index (Phi) is 4.56. The number of Topliss-reactive ketones (excluding diaryl/α,β-unsaturated/α-hetero) is 1. The summed E-state index contributed by atoms with van der Waals surface area (Å²) >= 11 is 0. The zero-order valence-corrected chi connectivity index (χ0v) is 11.4. The average molecular weight is 286 g/mol. The van der Waals surface area contributed by atoms with E-state index >= 15 is 0 Å². The number of aromatic carboxylic acids is 1. The molecule has 0 saturated heterocycles. The van der Waals surface area contributed by atoms with Gasteiger partial charge in [-0.25, -0.2) is 4.79 Å². The third-order valence-electron chi connectivity index (χ3n) is 2.89. The number of para-hydroxylation sites is 1. The van der Waals surface area contributed by atoms with E-state index in [0.29, 0.717) is 11.3 Å². The highest BCUT2D eigenvalue weighted by atomic mass is 16.5. The Morgan fingerprint density at radius 2 is 1.71 bits per heavy atom. The second-order valence-corrected chi connectivity index (χ2v) is 4.24. The first-order valence-corrected chi connectivity index (χ1v) is 6.24. The Hall–Kier alpha value is -2.82. The van der Waals surface area contributed by atoms with Crippen molar-refractivity contribution in [3.63, 3.8) is 0 Å². The molecule has 21 heavy (non-hydrogen) atoms. The molecular weight excluding hydrogens is 272 g/mol. The standard InChI is InChI=1S/C16H14O5/c1-20-12-8-6-11(7-9-12)14(17)10-21-15-5-3-2-4-13(15)16(18)19/h2-9H,10H2,1H3,(H,18,19). The molecule has 108 valence electrons. The summed E-state index contributed by atoms with van der Waals surface area (Å²) in [6.45, 7) is -0.226. The minimum atomic E-state index is -1.09. The highest BCUT2D eigenvalue weighted by Gasteiger charge is 2.12. The molecule has 5 heteroatoms. The van der Waals surface area contributed by atoms with Gasteiger partial charge in [0.15, 0.2) is 12.4 Å². The van der Waals surface area contributed by atoms with Crippen molar-refractivity contribution in [2.45, 2.75) is 0 Å². The lowest BCUT2D eigenvalue weighted by molar-refractivity contribution is 0.0689. The molecule has 0 spiro atoms. The first kappa shape index (κ1) is 14.6. The number of hydrogen-bond donors (Lipinski definition) is 1. The van der Waals surface area contributed by atoms with Crippen LogP contribution in [0.15, 0.2) is 48.5 Å². The summed E-state index contributed by atoms with van der Waals surface area (Å²) in [4.78, 5) is 23.0. The van der Waals surface area contributed by atoms with Crippen LogP contribution in [-0.2, 0) is 0 Å². The molecule has 2 aromatic carbocycles. The molecule has 0 aliphatic rings. The average Bonchev–Trinajstić information content (AvgIpc) is 2.52. The van der Waals surface area contributed by atoms with E-state index in [2.05, 4.69) is 0 Å². The topological polar surface area (TPSA) is 72.8 Å². The van der Waals surface area contributed by atoms with Gasteiger partial charge in [-0.15, -0.1) is 0 Å². The van der Waals surface area contributed by atoms with E-state index < -0.39 is 5.97 Å². The minimum Gasteiger partial charge on any atom is -0.497 e. The molecule has 0 heterocycles. The molecule has 0 unspecified atom stereocenters. The van der Waals surface area contributed by atoms with Crippen molar-refractivity contribution >= 4 is 11.8 Å². The maximum absolute atomic E-state index is 12.0. The summed E-state index contributed by atoms with van der Waals surface area (Å²) in [5.74, 6) is -0.504. The van der Waals surface area contributed by atoms with Crippen LogP contribution in [0.4, 0.5) is 0 Å². The van der Waals surface area contributed by atoms with Gasteiger partial charge in [0.05, 0.1) is 7.11 Å². The highest BCUT2D eigenvalue weighted by molar-refractivity contribution is 5.97. The minimum absolute atomic E-state index is 0.0278.